The Balaban J connectivity index is 1.73. The number of hydrogen-bond acceptors (Lipinski definition) is 7. The Kier molecular flexibility index (Phi) is 4.42. The Morgan fingerprint density at radius 2 is 2.21 bits per heavy atom. The Hall–Kier alpha value is -2.95. The second-order valence-corrected chi connectivity index (χ2v) is 5.65. The fourth-order valence-corrected chi connectivity index (χ4v) is 2.81. The number of piperidine rings is 1. The zero-order chi connectivity index (χ0) is 17.1. The molecule has 1 aliphatic rings. The highest BCUT2D eigenvalue weighted by molar-refractivity contribution is 5.96. The van der Waals surface area contributed by atoms with Gasteiger partial charge in [-0.15, -0.1) is 0 Å². The number of carbonyl (C=O) groups excluding carboxylic acids is 1. The molecule has 8 nitrogen and oxygen atoms in total. The Bertz CT molecular complexity index is 776. The van der Waals surface area contributed by atoms with Crippen LogP contribution in [0.1, 0.15) is 40.3 Å². The third-order valence-corrected chi connectivity index (χ3v) is 3.96. The van der Waals surface area contributed by atoms with Gasteiger partial charge in [-0.05, 0) is 26.7 Å². The molecule has 1 aliphatic heterocycles. The number of nitriles is 1. The molecule has 1 atom stereocenters. The van der Waals surface area contributed by atoms with E-state index in [0.717, 1.165) is 12.8 Å². The van der Waals surface area contributed by atoms with Gasteiger partial charge in [0.1, 0.15) is 23.5 Å². The molecule has 1 fully saturated rings. The van der Waals surface area contributed by atoms with Crippen LogP contribution in [0, 0.1) is 25.2 Å². The minimum atomic E-state index is -0.230. The molecule has 1 amide bonds. The van der Waals surface area contributed by atoms with Crippen LogP contribution in [0.15, 0.2) is 16.9 Å². The molecule has 0 unspecified atom stereocenters. The number of carbonyl (C=O) groups is 1. The van der Waals surface area contributed by atoms with Crippen molar-refractivity contribution in [3.63, 3.8) is 0 Å². The number of likely N-dealkylation sites (tertiary alicyclic amines) is 1. The van der Waals surface area contributed by atoms with E-state index >= 15 is 0 Å². The van der Waals surface area contributed by atoms with E-state index in [4.69, 9.17) is 14.5 Å². The molecular weight excluding hydrogens is 310 g/mol. The Labute approximate surface area is 139 Å². The van der Waals surface area contributed by atoms with Crippen molar-refractivity contribution in [1.82, 2.24) is 20.0 Å². The molecule has 124 valence electrons. The van der Waals surface area contributed by atoms with Gasteiger partial charge < -0.3 is 14.2 Å². The molecule has 1 saturated heterocycles. The molecule has 24 heavy (non-hydrogen) atoms. The molecule has 0 N–H and O–H groups in total. The highest BCUT2D eigenvalue weighted by Crippen LogP contribution is 2.22. The minimum absolute atomic E-state index is 0.112. The summed E-state index contributed by atoms with van der Waals surface area (Å²) in [6.07, 6.45) is 4.28. The van der Waals surface area contributed by atoms with E-state index in [0.29, 0.717) is 30.1 Å². The van der Waals surface area contributed by atoms with E-state index in [1.807, 2.05) is 6.07 Å². The highest BCUT2D eigenvalue weighted by atomic mass is 16.5. The number of aryl methyl sites for hydroxylation is 2. The lowest BCUT2D eigenvalue weighted by Crippen LogP contribution is -2.44. The van der Waals surface area contributed by atoms with Gasteiger partial charge in [-0.1, -0.05) is 5.16 Å². The van der Waals surface area contributed by atoms with Crippen LogP contribution < -0.4 is 4.74 Å². The fraction of sp³-hybridized carbons (Fsp3) is 0.438. The van der Waals surface area contributed by atoms with Gasteiger partial charge in [0.2, 0.25) is 5.69 Å². The van der Waals surface area contributed by atoms with Crippen molar-refractivity contribution in [2.24, 2.45) is 0 Å². The number of amides is 1. The van der Waals surface area contributed by atoms with Gasteiger partial charge in [0.25, 0.3) is 11.8 Å². The van der Waals surface area contributed by atoms with Crippen LogP contribution in [0.25, 0.3) is 0 Å². The van der Waals surface area contributed by atoms with Gasteiger partial charge in [0.05, 0.1) is 12.2 Å². The van der Waals surface area contributed by atoms with Crippen molar-refractivity contribution >= 4 is 5.91 Å². The van der Waals surface area contributed by atoms with Crippen LogP contribution in [0.2, 0.25) is 0 Å². The highest BCUT2D eigenvalue weighted by Gasteiger charge is 2.29. The molecule has 0 spiro atoms. The van der Waals surface area contributed by atoms with Crippen LogP contribution in [-0.4, -0.2) is 45.1 Å². The van der Waals surface area contributed by atoms with Crippen molar-refractivity contribution in [2.45, 2.75) is 32.8 Å². The topological polar surface area (TPSA) is 105 Å². The van der Waals surface area contributed by atoms with Crippen molar-refractivity contribution in [3.05, 3.63) is 35.1 Å². The van der Waals surface area contributed by atoms with Crippen molar-refractivity contribution < 1.29 is 14.1 Å². The molecule has 2 aromatic rings. The first kappa shape index (κ1) is 15.9. The van der Waals surface area contributed by atoms with E-state index in [2.05, 4.69) is 15.1 Å². The van der Waals surface area contributed by atoms with Crippen LogP contribution in [0.5, 0.6) is 5.88 Å². The van der Waals surface area contributed by atoms with E-state index in [1.165, 1.54) is 12.4 Å². The van der Waals surface area contributed by atoms with Gasteiger partial charge >= 0.3 is 0 Å². The number of ether oxygens (including phenoxy) is 1. The zero-order valence-electron chi connectivity index (χ0n) is 13.5. The first-order chi connectivity index (χ1) is 11.6. The summed E-state index contributed by atoms with van der Waals surface area (Å²) in [6, 6.07) is 1.96. The lowest BCUT2D eigenvalue weighted by atomic mass is 10.1. The number of aromatic nitrogens is 3. The molecule has 0 saturated carbocycles. The van der Waals surface area contributed by atoms with E-state index in [-0.39, 0.29) is 23.6 Å². The molecule has 2 aromatic heterocycles. The molecular formula is C16H17N5O3. The van der Waals surface area contributed by atoms with Crippen LogP contribution in [0.3, 0.4) is 0 Å². The first-order valence-electron chi connectivity index (χ1n) is 7.70. The van der Waals surface area contributed by atoms with Crippen molar-refractivity contribution in [1.29, 1.82) is 5.26 Å². The summed E-state index contributed by atoms with van der Waals surface area (Å²) in [7, 11) is 0. The largest absolute Gasteiger partial charge is 0.470 e. The standard InChI is InChI=1S/C16H17N5O3/c1-10-14(11(2)24-20-10)16(22)21-7-3-4-12(9-21)23-15-13(8-17)18-5-6-19-15/h5-6,12H,3-4,7,9H2,1-2H3/t12-/m1/s1. The SMILES string of the molecule is Cc1noc(C)c1C(=O)N1CCC[C@@H](Oc2nccnc2C#N)C1. The maximum atomic E-state index is 12.7. The zero-order valence-corrected chi connectivity index (χ0v) is 13.5. The third-order valence-electron chi connectivity index (χ3n) is 3.96. The van der Waals surface area contributed by atoms with Crippen molar-refractivity contribution in [2.75, 3.05) is 13.1 Å². The molecule has 0 bridgehead atoms. The maximum Gasteiger partial charge on any atom is 0.259 e. The molecule has 3 heterocycles. The minimum Gasteiger partial charge on any atom is -0.470 e. The monoisotopic (exact) mass is 327 g/mol. The van der Waals surface area contributed by atoms with Crippen LogP contribution in [0.4, 0.5) is 0 Å². The third kappa shape index (κ3) is 3.06. The average molecular weight is 327 g/mol. The summed E-state index contributed by atoms with van der Waals surface area (Å²) < 4.78 is 10.9. The fourth-order valence-electron chi connectivity index (χ4n) is 2.81. The maximum absolute atomic E-state index is 12.7. The second kappa shape index (κ2) is 6.66. The quantitative estimate of drug-likeness (QED) is 0.843. The first-order valence-corrected chi connectivity index (χ1v) is 7.70. The summed E-state index contributed by atoms with van der Waals surface area (Å²) in [5, 5.41) is 12.9. The normalized spacial score (nSPS) is 17.4. The summed E-state index contributed by atoms with van der Waals surface area (Å²) in [5.74, 6) is 0.608. The summed E-state index contributed by atoms with van der Waals surface area (Å²) in [4.78, 5) is 22.4. The number of hydrogen-bond donors (Lipinski definition) is 0. The lowest BCUT2D eigenvalue weighted by molar-refractivity contribution is 0.0524. The molecule has 0 radical (unpaired) electrons. The number of rotatable bonds is 3. The summed E-state index contributed by atoms with van der Waals surface area (Å²) >= 11 is 0. The average Bonchev–Trinajstić information content (AvgIpc) is 2.93. The van der Waals surface area contributed by atoms with Crippen LogP contribution >= 0.6 is 0 Å². The van der Waals surface area contributed by atoms with E-state index in [9.17, 15) is 4.79 Å². The second-order valence-electron chi connectivity index (χ2n) is 5.65. The molecule has 0 aromatic carbocycles. The Morgan fingerprint density at radius 3 is 2.92 bits per heavy atom. The summed E-state index contributed by atoms with van der Waals surface area (Å²) in [6.45, 7) is 4.54. The van der Waals surface area contributed by atoms with Crippen LogP contribution in [-0.2, 0) is 0 Å². The Morgan fingerprint density at radius 1 is 1.42 bits per heavy atom. The number of nitrogens with zero attached hydrogens (tertiary/aromatic N) is 5. The van der Waals surface area contributed by atoms with Gasteiger partial charge in [-0.3, -0.25) is 4.79 Å². The smallest absolute Gasteiger partial charge is 0.259 e. The van der Waals surface area contributed by atoms with Gasteiger partial charge in [0.15, 0.2) is 0 Å². The van der Waals surface area contributed by atoms with E-state index < -0.39 is 0 Å². The summed E-state index contributed by atoms with van der Waals surface area (Å²) in [5.41, 5.74) is 1.24. The van der Waals surface area contributed by atoms with Gasteiger partial charge in [-0.2, -0.15) is 5.26 Å². The molecule has 3 rings (SSSR count). The van der Waals surface area contributed by atoms with Gasteiger partial charge in [-0.25, -0.2) is 9.97 Å². The molecule has 0 aliphatic carbocycles. The van der Waals surface area contributed by atoms with Gasteiger partial charge in [0, 0.05) is 18.9 Å². The predicted octanol–water partition coefficient (Wildman–Crippen LogP) is 1.64. The van der Waals surface area contributed by atoms with E-state index in [1.54, 1.807) is 18.7 Å². The lowest BCUT2D eigenvalue weighted by Gasteiger charge is -2.32. The van der Waals surface area contributed by atoms with Crippen molar-refractivity contribution in [3.8, 4) is 11.9 Å². The molecule has 8 heteroatoms. The predicted molar refractivity (Wildman–Crippen MR) is 82.3 cm³/mol.